The molecule has 2 aromatic carbocycles. The van der Waals surface area contributed by atoms with Gasteiger partial charge in [0.25, 0.3) is 0 Å². The third-order valence-electron chi connectivity index (χ3n) is 5.50. The number of sulfonamides is 1. The largest absolute Gasteiger partial charge is 0.352 e. The molecule has 3 aromatic rings. The van der Waals surface area contributed by atoms with Crippen LogP contribution in [0.4, 0.5) is 0 Å². The molecule has 32 heavy (non-hydrogen) atoms. The van der Waals surface area contributed by atoms with Crippen LogP contribution in [0.1, 0.15) is 45.0 Å². The van der Waals surface area contributed by atoms with Gasteiger partial charge in [0.05, 0.1) is 15.9 Å². The van der Waals surface area contributed by atoms with Crippen molar-refractivity contribution in [3.63, 3.8) is 0 Å². The smallest absolute Gasteiger partial charge is 0.243 e. The van der Waals surface area contributed by atoms with Crippen LogP contribution in [0, 0.1) is 0 Å². The van der Waals surface area contributed by atoms with E-state index in [1.807, 2.05) is 50.2 Å². The molecule has 1 heterocycles. The first-order valence-corrected chi connectivity index (χ1v) is 12.6. The van der Waals surface area contributed by atoms with Crippen LogP contribution in [-0.4, -0.2) is 41.3 Å². The predicted octanol–water partition coefficient (Wildman–Crippen LogP) is 3.73. The van der Waals surface area contributed by atoms with Gasteiger partial charge in [0.2, 0.25) is 15.9 Å². The lowest BCUT2D eigenvalue weighted by Crippen LogP contribution is -2.30. The number of benzene rings is 2. The van der Waals surface area contributed by atoms with Gasteiger partial charge in [-0.15, -0.1) is 0 Å². The lowest BCUT2D eigenvalue weighted by atomic mass is 10.2. The maximum Gasteiger partial charge on any atom is 0.243 e. The van der Waals surface area contributed by atoms with E-state index in [4.69, 9.17) is 4.98 Å². The molecule has 0 aliphatic carbocycles. The van der Waals surface area contributed by atoms with E-state index < -0.39 is 10.0 Å². The predicted molar refractivity (Wildman–Crippen MR) is 127 cm³/mol. The zero-order valence-corrected chi connectivity index (χ0v) is 19.9. The van der Waals surface area contributed by atoms with E-state index in [9.17, 15) is 13.2 Å². The summed E-state index contributed by atoms with van der Waals surface area (Å²) in [6.07, 6.45) is 1.73. The molecule has 0 aliphatic heterocycles. The molecule has 8 heteroatoms. The lowest BCUT2D eigenvalue weighted by molar-refractivity contribution is -0.121. The average molecular weight is 457 g/mol. The van der Waals surface area contributed by atoms with Crippen LogP contribution in [0.2, 0.25) is 0 Å². The Morgan fingerprint density at radius 2 is 1.78 bits per heavy atom. The highest BCUT2D eigenvalue weighted by atomic mass is 32.2. The van der Waals surface area contributed by atoms with Crippen molar-refractivity contribution in [2.24, 2.45) is 0 Å². The maximum absolute atomic E-state index is 12.9. The molecule has 0 saturated carbocycles. The van der Waals surface area contributed by atoms with Crippen LogP contribution in [0.25, 0.3) is 11.0 Å². The molecule has 0 unspecified atom stereocenters. The Bertz CT molecular complexity index is 1150. The third-order valence-corrected chi connectivity index (χ3v) is 7.54. The summed E-state index contributed by atoms with van der Waals surface area (Å²) in [6, 6.07) is 14.9. The fraction of sp³-hybridized carbons (Fsp3) is 0.417. The number of carbonyl (C=O) groups excluding carboxylic acids is 1. The third kappa shape index (κ3) is 5.37. The standard InChI is InChI=1S/C24H32N4O3S/c1-4-16-28-22-13-12-20(32(30,31)27(5-2)6-3)17-21(22)26-23(28)14-15-24(29)25-18-19-10-8-7-9-11-19/h7-13,17H,4-6,14-16,18H2,1-3H3,(H,25,29). The van der Waals surface area contributed by atoms with Gasteiger partial charge in [-0.05, 0) is 30.2 Å². The quantitative estimate of drug-likeness (QED) is 0.477. The van der Waals surface area contributed by atoms with Crippen LogP contribution < -0.4 is 5.32 Å². The van der Waals surface area contributed by atoms with E-state index >= 15 is 0 Å². The number of imidazole rings is 1. The Morgan fingerprint density at radius 3 is 2.44 bits per heavy atom. The van der Waals surface area contributed by atoms with Gasteiger partial charge in [-0.1, -0.05) is 51.1 Å². The molecule has 1 N–H and O–H groups in total. The Hall–Kier alpha value is -2.71. The molecule has 0 spiro atoms. The fourth-order valence-electron chi connectivity index (χ4n) is 3.81. The molecule has 0 atom stereocenters. The number of nitrogens with zero attached hydrogens (tertiary/aromatic N) is 3. The van der Waals surface area contributed by atoms with E-state index in [0.717, 1.165) is 29.9 Å². The second-order valence-corrected chi connectivity index (χ2v) is 9.62. The molecular formula is C24H32N4O3S. The molecule has 3 rings (SSSR count). The molecule has 0 bridgehead atoms. The fourth-order valence-corrected chi connectivity index (χ4v) is 5.29. The van der Waals surface area contributed by atoms with E-state index in [1.54, 1.807) is 12.1 Å². The summed E-state index contributed by atoms with van der Waals surface area (Å²) < 4.78 is 29.3. The van der Waals surface area contributed by atoms with Crippen molar-refractivity contribution in [1.82, 2.24) is 19.2 Å². The summed E-state index contributed by atoms with van der Waals surface area (Å²) >= 11 is 0. The highest BCUT2D eigenvalue weighted by Gasteiger charge is 2.23. The monoisotopic (exact) mass is 456 g/mol. The molecule has 1 aromatic heterocycles. The molecule has 0 radical (unpaired) electrons. The first-order chi connectivity index (χ1) is 15.4. The van der Waals surface area contributed by atoms with Crippen LogP contribution >= 0.6 is 0 Å². The van der Waals surface area contributed by atoms with Crippen molar-refractivity contribution < 1.29 is 13.2 Å². The molecular weight excluding hydrogens is 424 g/mol. The van der Waals surface area contributed by atoms with Crippen molar-refractivity contribution in [3.05, 3.63) is 59.9 Å². The zero-order chi connectivity index (χ0) is 23.1. The second kappa shape index (κ2) is 10.7. The van der Waals surface area contributed by atoms with E-state index in [2.05, 4.69) is 16.8 Å². The van der Waals surface area contributed by atoms with Gasteiger partial charge in [0, 0.05) is 39.0 Å². The number of fused-ring (bicyclic) bond motifs is 1. The van der Waals surface area contributed by atoms with Gasteiger partial charge in [0.15, 0.2) is 0 Å². The summed E-state index contributed by atoms with van der Waals surface area (Å²) in [4.78, 5) is 17.3. The van der Waals surface area contributed by atoms with E-state index in [0.29, 0.717) is 38.0 Å². The van der Waals surface area contributed by atoms with Crippen LogP contribution in [0.5, 0.6) is 0 Å². The summed E-state index contributed by atoms with van der Waals surface area (Å²) in [5, 5.41) is 2.95. The summed E-state index contributed by atoms with van der Waals surface area (Å²) in [7, 11) is -3.55. The maximum atomic E-state index is 12.9. The number of aromatic nitrogens is 2. The molecule has 0 saturated heterocycles. The number of amides is 1. The Labute approximate surface area is 190 Å². The Balaban J connectivity index is 1.78. The Morgan fingerprint density at radius 1 is 1.06 bits per heavy atom. The van der Waals surface area contributed by atoms with Crippen LogP contribution in [0.15, 0.2) is 53.4 Å². The molecule has 7 nitrogen and oxygen atoms in total. The minimum Gasteiger partial charge on any atom is -0.352 e. The second-order valence-electron chi connectivity index (χ2n) is 7.68. The molecule has 0 fully saturated rings. The molecule has 1 amide bonds. The SMILES string of the molecule is CCCn1c(CCC(=O)NCc2ccccc2)nc2cc(S(=O)(=O)N(CC)CC)ccc21. The first kappa shape index (κ1) is 23.9. The van der Waals surface area contributed by atoms with Crippen LogP contribution in [0.3, 0.4) is 0 Å². The van der Waals surface area contributed by atoms with Crippen molar-refractivity contribution in [2.45, 2.75) is 58.0 Å². The van der Waals surface area contributed by atoms with Crippen LogP contribution in [-0.2, 0) is 34.3 Å². The van der Waals surface area contributed by atoms with Gasteiger partial charge in [0.1, 0.15) is 5.82 Å². The topological polar surface area (TPSA) is 84.3 Å². The highest BCUT2D eigenvalue weighted by Crippen LogP contribution is 2.24. The zero-order valence-electron chi connectivity index (χ0n) is 19.0. The number of aryl methyl sites for hydroxylation is 2. The van der Waals surface area contributed by atoms with E-state index in [-0.39, 0.29) is 10.8 Å². The summed E-state index contributed by atoms with van der Waals surface area (Å²) in [5.74, 6) is 0.767. The minimum absolute atomic E-state index is 0.0336. The van der Waals surface area contributed by atoms with Gasteiger partial charge in [-0.25, -0.2) is 13.4 Å². The molecule has 0 aliphatic rings. The van der Waals surface area contributed by atoms with Gasteiger partial charge < -0.3 is 9.88 Å². The van der Waals surface area contributed by atoms with Gasteiger partial charge in [-0.3, -0.25) is 4.79 Å². The van der Waals surface area contributed by atoms with Crippen molar-refractivity contribution in [1.29, 1.82) is 0 Å². The molecule has 172 valence electrons. The minimum atomic E-state index is -3.55. The summed E-state index contributed by atoms with van der Waals surface area (Å²) in [5.41, 5.74) is 2.59. The van der Waals surface area contributed by atoms with Gasteiger partial charge >= 0.3 is 0 Å². The Kier molecular flexibility index (Phi) is 8.04. The number of hydrogen-bond acceptors (Lipinski definition) is 4. The number of carbonyl (C=O) groups is 1. The number of nitrogens with one attached hydrogen (secondary N) is 1. The van der Waals surface area contributed by atoms with E-state index in [1.165, 1.54) is 4.31 Å². The average Bonchev–Trinajstić information content (AvgIpc) is 3.14. The number of rotatable bonds is 11. The van der Waals surface area contributed by atoms with Crippen molar-refractivity contribution in [2.75, 3.05) is 13.1 Å². The van der Waals surface area contributed by atoms with Crippen molar-refractivity contribution >= 4 is 27.0 Å². The highest BCUT2D eigenvalue weighted by molar-refractivity contribution is 7.89. The lowest BCUT2D eigenvalue weighted by Gasteiger charge is -2.18. The first-order valence-electron chi connectivity index (χ1n) is 11.2. The number of hydrogen-bond donors (Lipinski definition) is 1. The summed E-state index contributed by atoms with van der Waals surface area (Å²) in [6.45, 7) is 7.85. The van der Waals surface area contributed by atoms with Gasteiger partial charge in [-0.2, -0.15) is 4.31 Å². The normalized spacial score (nSPS) is 11.9. The van der Waals surface area contributed by atoms with Crippen molar-refractivity contribution in [3.8, 4) is 0 Å².